The molecule has 0 N–H and O–H groups in total. The van der Waals surface area contributed by atoms with Crippen LogP contribution in [0.15, 0.2) is 92.0 Å². The maximum Gasteiger partial charge on any atom is 0.495 e. The van der Waals surface area contributed by atoms with Gasteiger partial charge in [-0.25, -0.2) is 27.5 Å². The van der Waals surface area contributed by atoms with Crippen LogP contribution >= 0.6 is 0 Å². The van der Waals surface area contributed by atoms with Crippen molar-refractivity contribution in [2.45, 2.75) is 91.6 Å². The Morgan fingerprint density at radius 1 is 0.517 bits per heavy atom. The lowest BCUT2D eigenvalue weighted by atomic mass is 9.76. The number of fused-ring (bicyclic) bond motifs is 2. The van der Waals surface area contributed by atoms with E-state index in [2.05, 4.69) is 0 Å². The number of hydrogen-bond donors (Lipinski definition) is 0. The third kappa shape index (κ3) is 6.70. The van der Waals surface area contributed by atoms with Gasteiger partial charge in [0.15, 0.2) is 0 Å². The van der Waals surface area contributed by atoms with E-state index in [0.29, 0.717) is 31.2 Å². The molecule has 0 aliphatic carbocycles. The van der Waals surface area contributed by atoms with E-state index in [-0.39, 0.29) is 22.1 Å². The molecule has 6 aromatic rings. The molecule has 312 valence electrons. The maximum atomic E-state index is 14.6. The van der Waals surface area contributed by atoms with E-state index >= 15 is 0 Å². The van der Waals surface area contributed by atoms with Crippen LogP contribution in [0.1, 0.15) is 74.7 Å². The first-order valence-corrected chi connectivity index (χ1v) is 19.2. The average Bonchev–Trinajstić information content (AvgIpc) is 3.55. The summed E-state index contributed by atoms with van der Waals surface area (Å²) < 4.78 is 103. The summed E-state index contributed by atoms with van der Waals surface area (Å²) in [6, 6.07) is 17.0. The van der Waals surface area contributed by atoms with Gasteiger partial charge >= 0.3 is 25.6 Å². The molecule has 2 aliphatic heterocycles. The van der Waals surface area contributed by atoms with Crippen molar-refractivity contribution in [3.05, 3.63) is 137 Å². The van der Waals surface area contributed by atoms with Crippen LogP contribution in [0.5, 0.6) is 0 Å². The SMILES string of the molecule is [2H]C([2H])([2H])n1c(=O)n(-c2cccc(B3OC(C)(C)C(C)(C)O3)c2C)c(=O)c2cccc(F)c21.[2H]C([2H])([2H])n1c(=O)n(-c2cccc(B3OC(C)(C)C(C)(C)O3)c2C)c(=O)c2cccc(F)c21. The van der Waals surface area contributed by atoms with Gasteiger partial charge in [0, 0.05) is 22.2 Å². The fourth-order valence-electron chi connectivity index (χ4n) is 7.28. The Labute approximate surface area is 354 Å². The summed E-state index contributed by atoms with van der Waals surface area (Å²) in [5.41, 5.74) is -4.95. The van der Waals surface area contributed by atoms with Crippen molar-refractivity contribution in [3.8, 4) is 11.4 Å². The third-order valence-corrected chi connectivity index (χ3v) is 12.2. The Hall–Kier alpha value is -5.41. The minimum absolute atomic E-state index is 0.168. The van der Waals surface area contributed by atoms with Gasteiger partial charge in [-0.2, -0.15) is 0 Å². The summed E-state index contributed by atoms with van der Waals surface area (Å²) in [5, 5.41) is -0.433. The van der Waals surface area contributed by atoms with Crippen molar-refractivity contribution in [1.82, 2.24) is 18.3 Å². The highest BCUT2D eigenvalue weighted by Gasteiger charge is 2.53. The number of aromatic nitrogens is 4. The lowest BCUT2D eigenvalue weighted by Crippen LogP contribution is -2.41. The molecule has 0 bridgehead atoms. The van der Waals surface area contributed by atoms with Crippen LogP contribution in [0, 0.1) is 25.5 Å². The van der Waals surface area contributed by atoms with Crippen molar-refractivity contribution in [2.75, 3.05) is 0 Å². The first-order valence-electron chi connectivity index (χ1n) is 22.2. The van der Waals surface area contributed by atoms with Gasteiger partial charge in [-0.3, -0.25) is 18.7 Å². The first kappa shape index (κ1) is 35.4. The lowest BCUT2D eigenvalue weighted by Gasteiger charge is -2.32. The fourth-order valence-corrected chi connectivity index (χ4v) is 7.28. The number of halogens is 2. The minimum atomic E-state index is -3.01. The molecular weight excluding hydrogens is 772 g/mol. The van der Waals surface area contributed by atoms with Gasteiger partial charge < -0.3 is 18.6 Å². The predicted molar refractivity (Wildman–Crippen MR) is 230 cm³/mol. The van der Waals surface area contributed by atoms with Crippen LogP contribution in [0.25, 0.3) is 33.2 Å². The largest absolute Gasteiger partial charge is 0.495 e. The smallest absolute Gasteiger partial charge is 0.399 e. The van der Waals surface area contributed by atoms with Gasteiger partial charge in [-0.15, -0.1) is 0 Å². The molecule has 0 unspecified atom stereocenters. The zero-order valence-corrected chi connectivity index (χ0v) is 34.9. The summed E-state index contributed by atoms with van der Waals surface area (Å²) in [5.74, 6) is -1.93. The van der Waals surface area contributed by atoms with Gasteiger partial charge in [0.2, 0.25) is 0 Å². The summed E-state index contributed by atoms with van der Waals surface area (Å²) in [4.78, 5) is 53.3. The topological polar surface area (TPSA) is 125 Å². The van der Waals surface area contributed by atoms with Crippen LogP contribution in [-0.4, -0.2) is 54.9 Å². The Morgan fingerprint density at radius 2 is 0.833 bits per heavy atom. The highest BCUT2D eigenvalue weighted by atomic mass is 19.1. The molecular formula is C44H48B2F2N4O8. The van der Waals surface area contributed by atoms with Gasteiger partial charge in [0.1, 0.15) is 11.6 Å². The third-order valence-electron chi connectivity index (χ3n) is 12.2. The van der Waals surface area contributed by atoms with Crippen molar-refractivity contribution >= 4 is 47.0 Å². The molecule has 4 heterocycles. The highest BCUT2D eigenvalue weighted by molar-refractivity contribution is 6.63. The van der Waals surface area contributed by atoms with Crippen molar-refractivity contribution in [2.24, 2.45) is 14.0 Å². The van der Waals surface area contributed by atoms with Crippen molar-refractivity contribution in [1.29, 1.82) is 0 Å². The van der Waals surface area contributed by atoms with Crippen LogP contribution in [0.3, 0.4) is 0 Å². The molecule has 2 saturated heterocycles. The van der Waals surface area contributed by atoms with E-state index in [1.54, 1.807) is 38.1 Å². The highest BCUT2D eigenvalue weighted by Crippen LogP contribution is 2.38. The van der Waals surface area contributed by atoms with E-state index in [9.17, 15) is 28.0 Å². The second-order valence-corrected chi connectivity index (χ2v) is 16.9. The molecule has 0 amide bonds. The molecule has 2 aliphatic rings. The summed E-state index contributed by atoms with van der Waals surface area (Å²) >= 11 is 0. The molecule has 2 aromatic heterocycles. The van der Waals surface area contributed by atoms with Gasteiger partial charge in [-0.05, 0) is 128 Å². The number of aryl methyl sites for hydroxylation is 2. The number of para-hydroxylation sites is 2. The molecule has 0 atom stereocenters. The Morgan fingerprint density at radius 3 is 1.15 bits per heavy atom. The van der Waals surface area contributed by atoms with Crippen LogP contribution in [-0.2, 0) is 32.6 Å². The number of hydrogen-bond acceptors (Lipinski definition) is 8. The first-order chi connectivity index (χ1) is 30.3. The van der Waals surface area contributed by atoms with Crippen LogP contribution < -0.4 is 33.4 Å². The maximum absolute atomic E-state index is 14.6. The summed E-state index contributed by atoms with van der Waals surface area (Å²) in [7, 11) is -1.51. The van der Waals surface area contributed by atoms with Crippen LogP contribution in [0.4, 0.5) is 8.78 Å². The second kappa shape index (κ2) is 14.6. The molecule has 0 spiro atoms. The average molecular weight is 827 g/mol. The molecule has 0 radical (unpaired) electrons. The normalized spacial score (nSPS) is 19.5. The fraction of sp³-hybridized carbons (Fsp3) is 0.364. The minimum Gasteiger partial charge on any atom is -0.399 e. The van der Waals surface area contributed by atoms with E-state index in [4.69, 9.17) is 26.8 Å². The molecule has 12 nitrogen and oxygen atoms in total. The monoisotopic (exact) mass is 826 g/mol. The molecule has 60 heavy (non-hydrogen) atoms. The lowest BCUT2D eigenvalue weighted by molar-refractivity contribution is 0.00578. The van der Waals surface area contributed by atoms with Gasteiger partial charge in [0.05, 0.1) is 55.6 Å². The Balaban J connectivity index is 0.000000196. The Bertz CT molecular complexity index is 2970. The van der Waals surface area contributed by atoms with Crippen molar-refractivity contribution < 1.29 is 35.6 Å². The van der Waals surface area contributed by atoms with E-state index in [0.717, 1.165) is 21.3 Å². The quantitative estimate of drug-likeness (QED) is 0.231. The number of benzene rings is 4. The van der Waals surface area contributed by atoms with Crippen molar-refractivity contribution in [3.63, 3.8) is 0 Å². The zero-order chi connectivity index (χ0) is 49.0. The van der Waals surface area contributed by atoms with E-state index < -0.39 is 95.8 Å². The zero-order valence-electron chi connectivity index (χ0n) is 40.9. The molecule has 2 fully saturated rings. The number of nitrogens with zero attached hydrogens (tertiary/aromatic N) is 4. The summed E-state index contributed by atoms with van der Waals surface area (Å²) in [6.45, 7) is 12.6. The second-order valence-electron chi connectivity index (χ2n) is 16.9. The van der Waals surface area contributed by atoms with Gasteiger partial charge in [-0.1, -0.05) is 36.4 Å². The van der Waals surface area contributed by atoms with E-state index in [1.165, 1.54) is 36.4 Å². The predicted octanol–water partition coefficient (Wildman–Crippen LogP) is 4.87. The molecule has 0 saturated carbocycles. The standard InChI is InChI=1S/2C22H24BFN2O4/c2*1-13-15(23-29-21(2,3)22(4,5)30-23)10-8-12-17(13)26-19(27)14-9-7-11-16(24)18(14)25(6)20(26)28/h2*7-12H,1-6H3/i2*6D3. The van der Waals surface area contributed by atoms with Gasteiger partial charge in [0.25, 0.3) is 11.1 Å². The molecule has 8 rings (SSSR count). The van der Waals surface area contributed by atoms with E-state index in [1.807, 2.05) is 55.4 Å². The van der Waals surface area contributed by atoms with Crippen LogP contribution in [0.2, 0.25) is 0 Å². The summed E-state index contributed by atoms with van der Waals surface area (Å²) in [6.07, 6.45) is 0. The molecule has 4 aromatic carbocycles. The Kier molecular flexibility index (Phi) is 8.63. The number of rotatable bonds is 4. The molecule has 16 heteroatoms.